The first-order valence-corrected chi connectivity index (χ1v) is 5.88. The Balaban J connectivity index is 1.71. The molecule has 2 rings (SSSR count). The smallest absolute Gasteiger partial charge is 0.0961 e. The number of nitrogens with one attached hydrogen (secondary N) is 1. The second-order valence-corrected chi connectivity index (χ2v) is 4.71. The summed E-state index contributed by atoms with van der Waals surface area (Å²) in [6, 6.07) is 3.89. The maximum absolute atomic E-state index is 5.55. The van der Waals surface area contributed by atoms with Crippen LogP contribution in [0.25, 0.3) is 0 Å². The summed E-state index contributed by atoms with van der Waals surface area (Å²) in [6.45, 7) is 2.38. The van der Waals surface area contributed by atoms with Crippen LogP contribution in [0, 0.1) is 5.92 Å². The van der Waals surface area contributed by atoms with Gasteiger partial charge in [0.25, 0.3) is 0 Å². The minimum atomic E-state index is 0.734. The summed E-state index contributed by atoms with van der Waals surface area (Å²) < 4.78 is 0. The quantitative estimate of drug-likeness (QED) is 0.735. The van der Waals surface area contributed by atoms with Crippen LogP contribution in [0.1, 0.15) is 6.42 Å². The molecule has 0 radical (unpaired) electrons. The van der Waals surface area contributed by atoms with E-state index in [1.165, 1.54) is 19.5 Å². The fraction of sp³-hybridized carbons (Fsp3) is 0.500. The van der Waals surface area contributed by atoms with Gasteiger partial charge in [-0.05, 0) is 43.3 Å². The Bertz CT molecular complexity index is 282. The van der Waals surface area contributed by atoms with Gasteiger partial charge >= 0.3 is 0 Å². The van der Waals surface area contributed by atoms with Crippen LogP contribution in [0.4, 0.5) is 5.69 Å². The van der Waals surface area contributed by atoms with Gasteiger partial charge in [0.15, 0.2) is 0 Å². The van der Waals surface area contributed by atoms with E-state index in [1.807, 2.05) is 23.9 Å². The van der Waals surface area contributed by atoms with Crippen molar-refractivity contribution in [2.24, 2.45) is 5.92 Å². The van der Waals surface area contributed by atoms with E-state index in [4.69, 9.17) is 5.73 Å². The van der Waals surface area contributed by atoms with Crippen molar-refractivity contribution in [3.8, 4) is 0 Å². The number of nitrogen functional groups attached to an aromatic ring is 1. The molecule has 76 valence electrons. The van der Waals surface area contributed by atoms with Gasteiger partial charge in [-0.15, -0.1) is 11.8 Å². The van der Waals surface area contributed by atoms with Crippen LogP contribution < -0.4 is 11.1 Å². The van der Waals surface area contributed by atoms with Crippen LogP contribution in [0.15, 0.2) is 23.4 Å². The molecule has 0 aromatic carbocycles. The van der Waals surface area contributed by atoms with Gasteiger partial charge in [0.05, 0.1) is 16.9 Å². The lowest BCUT2D eigenvalue weighted by Gasteiger charge is -2.26. The van der Waals surface area contributed by atoms with E-state index in [0.29, 0.717) is 0 Å². The molecule has 2 heterocycles. The Hall–Kier alpha value is -0.740. The summed E-state index contributed by atoms with van der Waals surface area (Å²) in [5, 5.41) is 4.35. The van der Waals surface area contributed by atoms with E-state index >= 15 is 0 Å². The lowest BCUT2D eigenvalue weighted by molar-refractivity contribution is 0.341. The standard InChI is InChI=1S/C10H15N3S/c11-9-1-2-10(13-7-9)14-4-3-8-5-12-6-8/h1-2,7-8,12H,3-6,11H2. The Morgan fingerprint density at radius 1 is 1.50 bits per heavy atom. The molecule has 0 saturated carbocycles. The van der Waals surface area contributed by atoms with Crippen molar-refractivity contribution in [3.63, 3.8) is 0 Å². The molecule has 1 saturated heterocycles. The molecule has 14 heavy (non-hydrogen) atoms. The number of nitrogens with zero attached hydrogens (tertiary/aromatic N) is 1. The van der Waals surface area contributed by atoms with E-state index in [-0.39, 0.29) is 0 Å². The first-order chi connectivity index (χ1) is 6.84. The predicted octanol–water partition coefficient (Wildman–Crippen LogP) is 1.37. The maximum atomic E-state index is 5.55. The largest absolute Gasteiger partial charge is 0.397 e. The molecule has 0 aliphatic carbocycles. The molecule has 1 aliphatic rings. The molecular formula is C10H15N3S. The summed E-state index contributed by atoms with van der Waals surface area (Å²) in [4.78, 5) is 4.24. The summed E-state index contributed by atoms with van der Waals surface area (Å²) >= 11 is 1.81. The molecule has 1 aromatic heterocycles. The van der Waals surface area contributed by atoms with Crippen molar-refractivity contribution >= 4 is 17.4 Å². The summed E-state index contributed by atoms with van der Waals surface area (Å²) in [5.74, 6) is 2.04. The normalized spacial score (nSPS) is 16.6. The van der Waals surface area contributed by atoms with Crippen LogP contribution in [0.5, 0.6) is 0 Å². The van der Waals surface area contributed by atoms with Crippen LogP contribution in [0.2, 0.25) is 0 Å². The third-order valence-electron chi connectivity index (χ3n) is 2.40. The molecule has 3 nitrogen and oxygen atoms in total. The Labute approximate surface area is 88.5 Å². The zero-order valence-corrected chi connectivity index (χ0v) is 8.89. The predicted molar refractivity (Wildman–Crippen MR) is 60.4 cm³/mol. The SMILES string of the molecule is Nc1ccc(SCCC2CNC2)nc1. The van der Waals surface area contributed by atoms with Gasteiger partial charge in [-0.1, -0.05) is 0 Å². The molecule has 3 N–H and O–H groups in total. The number of rotatable bonds is 4. The Morgan fingerprint density at radius 3 is 2.93 bits per heavy atom. The van der Waals surface area contributed by atoms with Crippen LogP contribution in [-0.2, 0) is 0 Å². The highest BCUT2D eigenvalue weighted by Crippen LogP contribution is 2.20. The van der Waals surface area contributed by atoms with Crippen molar-refractivity contribution in [1.82, 2.24) is 10.3 Å². The van der Waals surface area contributed by atoms with E-state index in [9.17, 15) is 0 Å². The van der Waals surface area contributed by atoms with E-state index in [2.05, 4.69) is 10.3 Å². The lowest BCUT2D eigenvalue weighted by atomic mass is 10.0. The van der Waals surface area contributed by atoms with Crippen molar-refractivity contribution in [3.05, 3.63) is 18.3 Å². The Kier molecular flexibility index (Phi) is 3.26. The van der Waals surface area contributed by atoms with Gasteiger partial charge in [0.2, 0.25) is 0 Å². The van der Waals surface area contributed by atoms with Gasteiger partial charge in [0, 0.05) is 0 Å². The maximum Gasteiger partial charge on any atom is 0.0961 e. The van der Waals surface area contributed by atoms with Crippen molar-refractivity contribution in [2.75, 3.05) is 24.6 Å². The summed E-state index contributed by atoms with van der Waals surface area (Å²) in [6.07, 6.45) is 3.00. The van der Waals surface area contributed by atoms with E-state index in [0.717, 1.165) is 22.4 Å². The summed E-state index contributed by atoms with van der Waals surface area (Å²) in [7, 11) is 0. The fourth-order valence-corrected chi connectivity index (χ4v) is 2.31. The van der Waals surface area contributed by atoms with Crippen molar-refractivity contribution < 1.29 is 0 Å². The topological polar surface area (TPSA) is 50.9 Å². The number of thioether (sulfide) groups is 1. The van der Waals surface area contributed by atoms with Gasteiger partial charge in [-0.25, -0.2) is 4.98 Å². The first-order valence-electron chi connectivity index (χ1n) is 4.89. The molecule has 0 unspecified atom stereocenters. The molecule has 0 spiro atoms. The van der Waals surface area contributed by atoms with E-state index in [1.54, 1.807) is 6.20 Å². The molecule has 0 bridgehead atoms. The average molecular weight is 209 g/mol. The monoisotopic (exact) mass is 209 g/mol. The van der Waals surface area contributed by atoms with Crippen LogP contribution in [-0.4, -0.2) is 23.8 Å². The number of aromatic nitrogens is 1. The van der Waals surface area contributed by atoms with Gasteiger partial charge < -0.3 is 11.1 Å². The minimum absolute atomic E-state index is 0.734. The molecular weight excluding hydrogens is 194 g/mol. The zero-order valence-electron chi connectivity index (χ0n) is 8.07. The van der Waals surface area contributed by atoms with Gasteiger partial charge in [0.1, 0.15) is 0 Å². The van der Waals surface area contributed by atoms with Gasteiger partial charge in [-0.2, -0.15) is 0 Å². The summed E-state index contributed by atoms with van der Waals surface area (Å²) in [5.41, 5.74) is 6.29. The highest BCUT2D eigenvalue weighted by atomic mass is 32.2. The van der Waals surface area contributed by atoms with Gasteiger partial charge in [-0.3, -0.25) is 0 Å². The Morgan fingerprint density at radius 2 is 2.36 bits per heavy atom. The highest BCUT2D eigenvalue weighted by molar-refractivity contribution is 7.99. The molecule has 0 amide bonds. The number of hydrogen-bond donors (Lipinski definition) is 2. The highest BCUT2D eigenvalue weighted by Gasteiger charge is 2.15. The van der Waals surface area contributed by atoms with Crippen LogP contribution in [0.3, 0.4) is 0 Å². The first kappa shape index (κ1) is 9.80. The molecule has 1 aromatic rings. The second kappa shape index (κ2) is 4.66. The van der Waals surface area contributed by atoms with Crippen molar-refractivity contribution in [1.29, 1.82) is 0 Å². The number of anilines is 1. The number of hydrogen-bond acceptors (Lipinski definition) is 4. The third-order valence-corrected chi connectivity index (χ3v) is 3.38. The lowest BCUT2D eigenvalue weighted by Crippen LogP contribution is -2.42. The molecule has 0 atom stereocenters. The fourth-order valence-electron chi connectivity index (χ4n) is 1.36. The minimum Gasteiger partial charge on any atom is -0.397 e. The second-order valence-electron chi connectivity index (χ2n) is 3.59. The molecule has 4 heteroatoms. The van der Waals surface area contributed by atoms with Crippen molar-refractivity contribution in [2.45, 2.75) is 11.4 Å². The molecule has 1 fully saturated rings. The zero-order chi connectivity index (χ0) is 9.80. The van der Waals surface area contributed by atoms with E-state index < -0.39 is 0 Å². The average Bonchev–Trinajstić information content (AvgIpc) is 2.12. The van der Waals surface area contributed by atoms with Crippen LogP contribution >= 0.6 is 11.8 Å². The molecule has 1 aliphatic heterocycles. The number of pyridine rings is 1. The number of nitrogens with two attached hydrogens (primary N) is 1. The third kappa shape index (κ3) is 2.62.